The molecular formula is C19H17NO3. The Kier molecular flexibility index (Phi) is 4.24. The van der Waals surface area contributed by atoms with Crippen molar-refractivity contribution >= 4 is 16.9 Å². The van der Waals surface area contributed by atoms with Gasteiger partial charge < -0.3 is 9.47 Å². The largest absolute Gasteiger partial charge is 0.494 e. The second-order valence-corrected chi connectivity index (χ2v) is 4.99. The van der Waals surface area contributed by atoms with E-state index in [9.17, 15) is 4.79 Å². The van der Waals surface area contributed by atoms with Crippen LogP contribution in [0.1, 0.15) is 17.3 Å². The van der Waals surface area contributed by atoms with E-state index in [1.807, 2.05) is 48.5 Å². The quantitative estimate of drug-likeness (QED) is 0.681. The Balaban J connectivity index is 2.34. The van der Waals surface area contributed by atoms with Crippen LogP contribution in [-0.4, -0.2) is 24.7 Å². The van der Waals surface area contributed by atoms with Crippen molar-refractivity contribution in [3.8, 4) is 16.9 Å². The van der Waals surface area contributed by atoms with E-state index in [0.717, 1.165) is 16.5 Å². The van der Waals surface area contributed by atoms with E-state index in [-0.39, 0.29) is 0 Å². The molecule has 0 unspecified atom stereocenters. The zero-order valence-corrected chi connectivity index (χ0v) is 13.1. The zero-order valence-electron chi connectivity index (χ0n) is 13.1. The molecule has 0 saturated heterocycles. The molecule has 1 heterocycles. The third-order valence-corrected chi connectivity index (χ3v) is 3.63. The average molecular weight is 307 g/mol. The third kappa shape index (κ3) is 2.75. The summed E-state index contributed by atoms with van der Waals surface area (Å²) in [7, 11) is 1.54. The highest BCUT2D eigenvalue weighted by Crippen LogP contribution is 2.36. The summed E-state index contributed by atoms with van der Waals surface area (Å²) in [4.78, 5) is 16.7. The van der Waals surface area contributed by atoms with Gasteiger partial charge in [-0.2, -0.15) is 0 Å². The molecular weight excluding hydrogens is 290 g/mol. The van der Waals surface area contributed by atoms with Gasteiger partial charge in [-0.1, -0.05) is 36.4 Å². The van der Waals surface area contributed by atoms with E-state index in [4.69, 9.17) is 9.47 Å². The van der Waals surface area contributed by atoms with E-state index in [2.05, 4.69) is 4.98 Å². The number of benzene rings is 2. The van der Waals surface area contributed by atoms with Gasteiger partial charge in [0.2, 0.25) is 0 Å². The summed E-state index contributed by atoms with van der Waals surface area (Å²) in [6.07, 6.45) is 1.69. The Morgan fingerprint density at radius 1 is 1.13 bits per heavy atom. The molecule has 0 atom stereocenters. The molecule has 4 heteroatoms. The number of hydrogen-bond donors (Lipinski definition) is 0. The molecule has 23 heavy (non-hydrogen) atoms. The normalized spacial score (nSPS) is 10.5. The molecule has 0 radical (unpaired) electrons. The van der Waals surface area contributed by atoms with Crippen LogP contribution in [0.4, 0.5) is 0 Å². The lowest BCUT2D eigenvalue weighted by atomic mass is 9.97. The van der Waals surface area contributed by atoms with Crippen LogP contribution in [0.2, 0.25) is 0 Å². The maximum absolute atomic E-state index is 12.3. The number of rotatable bonds is 4. The smallest absolute Gasteiger partial charge is 0.342 e. The fourth-order valence-corrected chi connectivity index (χ4v) is 2.64. The van der Waals surface area contributed by atoms with Gasteiger partial charge in [0.05, 0.1) is 13.7 Å². The van der Waals surface area contributed by atoms with Gasteiger partial charge >= 0.3 is 5.97 Å². The third-order valence-electron chi connectivity index (χ3n) is 3.63. The van der Waals surface area contributed by atoms with E-state index in [1.54, 1.807) is 13.1 Å². The molecule has 0 aliphatic carbocycles. The van der Waals surface area contributed by atoms with Crippen LogP contribution >= 0.6 is 0 Å². The Bertz CT molecular complexity index is 844. The van der Waals surface area contributed by atoms with Crippen LogP contribution in [0.5, 0.6) is 5.75 Å². The minimum atomic E-state index is -0.408. The van der Waals surface area contributed by atoms with Crippen LogP contribution < -0.4 is 4.74 Å². The Hall–Kier alpha value is -2.88. The van der Waals surface area contributed by atoms with Crippen molar-refractivity contribution in [3.63, 3.8) is 0 Å². The van der Waals surface area contributed by atoms with E-state index in [0.29, 0.717) is 23.4 Å². The molecule has 0 aliphatic rings. The molecule has 0 fully saturated rings. The van der Waals surface area contributed by atoms with Gasteiger partial charge in [-0.3, -0.25) is 4.98 Å². The molecule has 3 aromatic rings. The van der Waals surface area contributed by atoms with Crippen LogP contribution in [0, 0.1) is 0 Å². The lowest BCUT2D eigenvalue weighted by Gasteiger charge is -2.14. The van der Waals surface area contributed by atoms with Crippen molar-refractivity contribution < 1.29 is 14.3 Å². The van der Waals surface area contributed by atoms with Crippen molar-refractivity contribution in [1.82, 2.24) is 4.98 Å². The lowest BCUT2D eigenvalue weighted by molar-refractivity contribution is 0.0523. The molecule has 0 spiro atoms. The molecule has 4 nitrogen and oxygen atoms in total. The van der Waals surface area contributed by atoms with Gasteiger partial charge in [-0.15, -0.1) is 0 Å². The number of carbonyl (C=O) groups is 1. The summed E-state index contributed by atoms with van der Waals surface area (Å²) in [6, 6.07) is 15.6. The molecule has 0 saturated carbocycles. The molecule has 3 rings (SSSR count). The van der Waals surface area contributed by atoms with Crippen molar-refractivity contribution in [1.29, 1.82) is 0 Å². The average Bonchev–Trinajstić information content (AvgIpc) is 2.61. The Morgan fingerprint density at radius 2 is 1.91 bits per heavy atom. The SMILES string of the molecule is CCOC(=O)c1cc(-c2ccccc2)c2cccnc2c1OC. The van der Waals surface area contributed by atoms with Crippen LogP contribution in [-0.2, 0) is 4.74 Å². The first-order valence-electron chi connectivity index (χ1n) is 7.44. The Labute approximate surface area is 134 Å². The zero-order chi connectivity index (χ0) is 16.2. The number of carbonyl (C=O) groups excluding carboxylic acids is 1. The van der Waals surface area contributed by atoms with Crippen LogP contribution in [0.3, 0.4) is 0 Å². The first-order chi connectivity index (χ1) is 11.3. The van der Waals surface area contributed by atoms with Gasteiger partial charge in [0, 0.05) is 11.6 Å². The van der Waals surface area contributed by atoms with E-state index in [1.165, 1.54) is 7.11 Å². The van der Waals surface area contributed by atoms with Gasteiger partial charge in [0.15, 0.2) is 5.75 Å². The maximum Gasteiger partial charge on any atom is 0.342 e. The van der Waals surface area contributed by atoms with Crippen molar-refractivity contribution in [3.05, 3.63) is 60.3 Å². The number of methoxy groups -OCH3 is 1. The summed E-state index contributed by atoms with van der Waals surface area (Å²) in [5.74, 6) is 0.0350. The number of ether oxygens (including phenoxy) is 2. The number of hydrogen-bond acceptors (Lipinski definition) is 4. The molecule has 0 aliphatic heterocycles. The topological polar surface area (TPSA) is 48.4 Å². The van der Waals surface area contributed by atoms with Crippen molar-refractivity contribution in [2.24, 2.45) is 0 Å². The molecule has 1 aromatic heterocycles. The van der Waals surface area contributed by atoms with E-state index >= 15 is 0 Å². The molecule has 116 valence electrons. The monoisotopic (exact) mass is 307 g/mol. The highest BCUT2D eigenvalue weighted by molar-refractivity contribution is 6.06. The van der Waals surface area contributed by atoms with Gasteiger partial charge in [0.25, 0.3) is 0 Å². The first kappa shape index (κ1) is 15.0. The minimum Gasteiger partial charge on any atom is -0.494 e. The highest BCUT2D eigenvalue weighted by atomic mass is 16.5. The number of nitrogens with zero attached hydrogens (tertiary/aromatic N) is 1. The van der Waals surface area contributed by atoms with Gasteiger partial charge in [-0.05, 0) is 30.2 Å². The summed E-state index contributed by atoms with van der Waals surface area (Å²) < 4.78 is 10.6. The second kappa shape index (κ2) is 6.48. The summed E-state index contributed by atoms with van der Waals surface area (Å²) in [5.41, 5.74) is 2.98. The standard InChI is InChI=1S/C19H17NO3/c1-3-23-19(21)16-12-15(13-8-5-4-6-9-13)14-10-7-11-20-17(14)18(16)22-2/h4-12H,3H2,1-2H3. The van der Waals surface area contributed by atoms with Gasteiger partial charge in [-0.25, -0.2) is 4.79 Å². The molecule has 0 N–H and O–H groups in total. The van der Waals surface area contributed by atoms with Crippen molar-refractivity contribution in [2.75, 3.05) is 13.7 Å². The highest BCUT2D eigenvalue weighted by Gasteiger charge is 2.20. The van der Waals surface area contributed by atoms with Crippen molar-refractivity contribution in [2.45, 2.75) is 6.92 Å². The lowest BCUT2D eigenvalue weighted by Crippen LogP contribution is -2.08. The number of esters is 1. The molecule has 0 bridgehead atoms. The first-order valence-corrected chi connectivity index (χ1v) is 7.44. The van der Waals surface area contributed by atoms with Crippen LogP contribution in [0.15, 0.2) is 54.7 Å². The number of pyridine rings is 1. The predicted octanol–water partition coefficient (Wildman–Crippen LogP) is 4.09. The number of fused-ring (bicyclic) bond motifs is 1. The predicted molar refractivity (Wildman–Crippen MR) is 89.7 cm³/mol. The fraction of sp³-hybridized carbons (Fsp3) is 0.158. The fourth-order valence-electron chi connectivity index (χ4n) is 2.64. The van der Waals surface area contributed by atoms with Crippen LogP contribution in [0.25, 0.3) is 22.0 Å². The van der Waals surface area contributed by atoms with E-state index < -0.39 is 5.97 Å². The Morgan fingerprint density at radius 3 is 2.61 bits per heavy atom. The molecule has 2 aromatic carbocycles. The number of aromatic nitrogens is 1. The summed E-state index contributed by atoms with van der Waals surface area (Å²) >= 11 is 0. The minimum absolute atomic E-state index is 0.308. The molecule has 0 amide bonds. The second-order valence-electron chi connectivity index (χ2n) is 4.99. The summed E-state index contributed by atoms with van der Waals surface area (Å²) in [6.45, 7) is 2.09. The summed E-state index contributed by atoms with van der Waals surface area (Å²) in [5, 5.41) is 0.934. The maximum atomic E-state index is 12.3. The van der Waals surface area contributed by atoms with Gasteiger partial charge in [0.1, 0.15) is 11.1 Å².